The Hall–Kier alpha value is -1.17. The molecule has 1 aliphatic carbocycles. The van der Waals surface area contributed by atoms with Crippen LogP contribution in [0.5, 0.6) is 0 Å². The molecule has 0 aromatic heterocycles. The van der Waals surface area contributed by atoms with E-state index in [2.05, 4.69) is 5.32 Å². The van der Waals surface area contributed by atoms with E-state index >= 15 is 0 Å². The Balaban J connectivity index is 2.56. The zero-order valence-corrected chi connectivity index (χ0v) is 9.94. The van der Waals surface area contributed by atoms with Gasteiger partial charge >= 0.3 is 0 Å². The van der Waals surface area contributed by atoms with Crippen LogP contribution in [-0.2, 0) is 9.59 Å². The summed E-state index contributed by atoms with van der Waals surface area (Å²) < 4.78 is 0. The van der Waals surface area contributed by atoms with Crippen LogP contribution in [0.3, 0.4) is 0 Å². The summed E-state index contributed by atoms with van der Waals surface area (Å²) in [5.74, 6) is -0.602. The van der Waals surface area contributed by atoms with Crippen molar-refractivity contribution in [1.82, 2.24) is 5.32 Å². The lowest BCUT2D eigenvalue weighted by molar-refractivity contribution is -0.127. The predicted molar refractivity (Wildman–Crippen MR) is 64.5 cm³/mol. The molecule has 0 aliphatic heterocycles. The van der Waals surface area contributed by atoms with Gasteiger partial charge in [0.15, 0.2) is 0 Å². The Bertz CT molecular complexity index is 311. The van der Waals surface area contributed by atoms with E-state index in [0.29, 0.717) is 12.8 Å². The molecule has 0 aromatic carbocycles. The number of thiocarbonyl (C=S) groups is 1. The van der Waals surface area contributed by atoms with E-state index in [1.165, 1.54) is 0 Å². The molecule has 1 aliphatic rings. The Morgan fingerprint density at radius 1 is 1.25 bits per heavy atom. The second kappa shape index (κ2) is 5.25. The smallest absolute Gasteiger partial charge is 0.233 e. The molecule has 0 aromatic rings. The number of carbonyl (C=O) groups is 2. The molecule has 0 spiro atoms. The van der Waals surface area contributed by atoms with E-state index in [1.807, 2.05) is 0 Å². The van der Waals surface area contributed by atoms with Crippen LogP contribution in [0.1, 0.15) is 32.1 Å². The number of nitrogens with one attached hydrogen (secondary N) is 1. The SMILES string of the molecule is NC(=O)CCNC(=O)C1(C(N)=S)CCCC1. The third-order valence-electron chi connectivity index (χ3n) is 3.02. The van der Waals surface area contributed by atoms with E-state index in [4.69, 9.17) is 23.7 Å². The normalized spacial score (nSPS) is 18.0. The van der Waals surface area contributed by atoms with Crippen molar-refractivity contribution < 1.29 is 9.59 Å². The maximum Gasteiger partial charge on any atom is 0.233 e. The highest BCUT2D eigenvalue weighted by atomic mass is 32.1. The quantitative estimate of drug-likeness (QED) is 0.584. The van der Waals surface area contributed by atoms with Gasteiger partial charge in [-0.3, -0.25) is 9.59 Å². The van der Waals surface area contributed by atoms with Gasteiger partial charge in [0.25, 0.3) is 0 Å². The van der Waals surface area contributed by atoms with Gasteiger partial charge in [0.05, 0.1) is 10.4 Å². The van der Waals surface area contributed by atoms with E-state index in [0.717, 1.165) is 12.8 Å². The fourth-order valence-electron chi connectivity index (χ4n) is 2.03. The summed E-state index contributed by atoms with van der Waals surface area (Å²) in [6, 6.07) is 0. The summed E-state index contributed by atoms with van der Waals surface area (Å²) in [5, 5.41) is 2.67. The summed E-state index contributed by atoms with van der Waals surface area (Å²) in [6.45, 7) is 0.249. The molecule has 0 heterocycles. The van der Waals surface area contributed by atoms with Crippen molar-refractivity contribution in [3.05, 3.63) is 0 Å². The molecule has 5 N–H and O–H groups in total. The molecule has 5 nitrogen and oxygen atoms in total. The molecule has 0 unspecified atom stereocenters. The molecule has 1 rings (SSSR count). The van der Waals surface area contributed by atoms with Crippen molar-refractivity contribution in [2.45, 2.75) is 32.1 Å². The van der Waals surface area contributed by atoms with Crippen LogP contribution in [0.15, 0.2) is 0 Å². The number of carbonyl (C=O) groups excluding carboxylic acids is 2. The first-order valence-corrected chi connectivity index (χ1v) is 5.76. The van der Waals surface area contributed by atoms with Crippen LogP contribution in [0.2, 0.25) is 0 Å². The van der Waals surface area contributed by atoms with E-state index in [-0.39, 0.29) is 23.9 Å². The van der Waals surface area contributed by atoms with Gasteiger partial charge in [0, 0.05) is 13.0 Å². The van der Waals surface area contributed by atoms with Crippen LogP contribution in [0.25, 0.3) is 0 Å². The first-order valence-electron chi connectivity index (χ1n) is 5.35. The van der Waals surface area contributed by atoms with Crippen molar-refractivity contribution in [3.63, 3.8) is 0 Å². The monoisotopic (exact) mass is 243 g/mol. The predicted octanol–water partition coefficient (Wildman–Crippen LogP) is -0.176. The third-order valence-corrected chi connectivity index (χ3v) is 3.41. The molecule has 0 atom stereocenters. The topological polar surface area (TPSA) is 98.2 Å². The summed E-state index contributed by atoms with van der Waals surface area (Å²) >= 11 is 4.97. The molecule has 16 heavy (non-hydrogen) atoms. The number of rotatable bonds is 5. The van der Waals surface area contributed by atoms with Gasteiger partial charge in [-0.05, 0) is 12.8 Å². The average Bonchev–Trinajstić information content (AvgIpc) is 2.66. The number of hydrogen-bond donors (Lipinski definition) is 3. The summed E-state index contributed by atoms with van der Waals surface area (Å²) in [5.41, 5.74) is 9.93. The molecular formula is C10H17N3O2S. The third kappa shape index (κ3) is 2.69. The molecule has 0 bridgehead atoms. The van der Waals surface area contributed by atoms with Gasteiger partial charge < -0.3 is 16.8 Å². The fraction of sp³-hybridized carbons (Fsp3) is 0.700. The minimum absolute atomic E-state index is 0.138. The first-order chi connectivity index (χ1) is 7.49. The minimum Gasteiger partial charge on any atom is -0.392 e. The van der Waals surface area contributed by atoms with Crippen LogP contribution >= 0.6 is 12.2 Å². The second-order valence-corrected chi connectivity index (χ2v) is 4.57. The molecule has 0 radical (unpaired) electrons. The molecule has 90 valence electrons. The Labute approximate surface area is 99.9 Å². The number of primary amides is 1. The van der Waals surface area contributed by atoms with Gasteiger partial charge in [-0.15, -0.1) is 0 Å². The van der Waals surface area contributed by atoms with Crippen LogP contribution in [-0.4, -0.2) is 23.3 Å². The Morgan fingerprint density at radius 3 is 2.25 bits per heavy atom. The molecule has 1 saturated carbocycles. The lowest BCUT2D eigenvalue weighted by atomic mass is 9.85. The standard InChI is InChI=1S/C10H17N3O2S/c11-7(14)3-6-13-9(15)10(8(12)16)4-1-2-5-10/h1-6H2,(H2,11,14)(H2,12,16)(H,13,15). The summed E-state index contributed by atoms with van der Waals surface area (Å²) in [6.07, 6.45) is 3.45. The van der Waals surface area contributed by atoms with Gasteiger partial charge in [0.2, 0.25) is 11.8 Å². The average molecular weight is 243 g/mol. The number of amides is 2. The zero-order chi connectivity index (χ0) is 12.2. The van der Waals surface area contributed by atoms with E-state index in [9.17, 15) is 9.59 Å². The minimum atomic E-state index is -0.701. The van der Waals surface area contributed by atoms with Crippen molar-refractivity contribution in [2.24, 2.45) is 16.9 Å². The largest absolute Gasteiger partial charge is 0.392 e. The highest BCUT2D eigenvalue weighted by Crippen LogP contribution is 2.38. The Morgan fingerprint density at radius 2 is 1.81 bits per heavy atom. The Kier molecular flexibility index (Phi) is 4.23. The molecule has 2 amide bonds. The van der Waals surface area contributed by atoms with Gasteiger partial charge in [-0.2, -0.15) is 0 Å². The number of nitrogens with two attached hydrogens (primary N) is 2. The second-order valence-electron chi connectivity index (χ2n) is 4.13. The fourth-order valence-corrected chi connectivity index (χ4v) is 2.33. The molecule has 1 fully saturated rings. The first kappa shape index (κ1) is 12.9. The maximum absolute atomic E-state index is 12.0. The van der Waals surface area contributed by atoms with Crippen molar-refractivity contribution in [2.75, 3.05) is 6.54 Å². The highest BCUT2D eigenvalue weighted by Gasteiger charge is 2.43. The van der Waals surface area contributed by atoms with E-state index < -0.39 is 11.3 Å². The van der Waals surface area contributed by atoms with Gasteiger partial charge in [-0.25, -0.2) is 0 Å². The van der Waals surface area contributed by atoms with Crippen LogP contribution in [0.4, 0.5) is 0 Å². The lowest BCUT2D eigenvalue weighted by Crippen LogP contribution is -2.47. The number of hydrogen-bond acceptors (Lipinski definition) is 3. The molecular weight excluding hydrogens is 226 g/mol. The lowest BCUT2D eigenvalue weighted by Gasteiger charge is -2.26. The molecule has 6 heteroatoms. The maximum atomic E-state index is 12.0. The zero-order valence-electron chi connectivity index (χ0n) is 9.12. The summed E-state index contributed by atoms with van der Waals surface area (Å²) in [4.78, 5) is 22.7. The van der Waals surface area contributed by atoms with E-state index in [1.54, 1.807) is 0 Å². The van der Waals surface area contributed by atoms with Crippen molar-refractivity contribution in [3.8, 4) is 0 Å². The van der Waals surface area contributed by atoms with Crippen molar-refractivity contribution in [1.29, 1.82) is 0 Å². The molecule has 0 saturated heterocycles. The van der Waals surface area contributed by atoms with Crippen LogP contribution in [0, 0.1) is 5.41 Å². The van der Waals surface area contributed by atoms with Gasteiger partial charge in [-0.1, -0.05) is 25.1 Å². The summed E-state index contributed by atoms with van der Waals surface area (Å²) in [7, 11) is 0. The van der Waals surface area contributed by atoms with Gasteiger partial charge in [0.1, 0.15) is 0 Å². The highest BCUT2D eigenvalue weighted by molar-refractivity contribution is 7.80. The van der Waals surface area contributed by atoms with Crippen LogP contribution < -0.4 is 16.8 Å². The van der Waals surface area contributed by atoms with Crippen molar-refractivity contribution >= 4 is 29.0 Å².